The highest BCUT2D eigenvalue weighted by molar-refractivity contribution is 5.14. The van der Waals surface area contributed by atoms with Gasteiger partial charge in [0.25, 0.3) is 0 Å². The Balaban J connectivity index is 1.64. The standard InChI is InChI=1S/C15H25NO2/c1-14(5-4-10-16-8-2-3-9-16)6-7-15-13-17-11-12-18-15/h6-7H,2-5,8-13H2,1H3/b14-6+,15-7+. The van der Waals surface area contributed by atoms with Crippen molar-refractivity contribution in [3.8, 4) is 0 Å². The van der Waals surface area contributed by atoms with Gasteiger partial charge >= 0.3 is 0 Å². The molecule has 0 unspecified atom stereocenters. The first kappa shape index (κ1) is 13.6. The van der Waals surface area contributed by atoms with E-state index in [-0.39, 0.29) is 0 Å². The zero-order valence-corrected chi connectivity index (χ0v) is 11.5. The molecular formula is C15H25NO2. The van der Waals surface area contributed by atoms with Crippen molar-refractivity contribution in [1.82, 2.24) is 4.90 Å². The van der Waals surface area contributed by atoms with Gasteiger partial charge in [0, 0.05) is 0 Å². The molecule has 2 aliphatic rings. The first-order valence-corrected chi connectivity index (χ1v) is 7.14. The van der Waals surface area contributed by atoms with E-state index in [0.29, 0.717) is 13.2 Å². The van der Waals surface area contributed by atoms with Crippen molar-refractivity contribution in [3.63, 3.8) is 0 Å². The van der Waals surface area contributed by atoms with E-state index in [1.54, 1.807) is 0 Å². The molecule has 0 atom stereocenters. The fraction of sp³-hybridized carbons (Fsp3) is 0.733. The number of hydrogen-bond donors (Lipinski definition) is 0. The third kappa shape index (κ3) is 4.83. The number of hydrogen-bond acceptors (Lipinski definition) is 3. The van der Waals surface area contributed by atoms with Crippen LogP contribution in [-0.2, 0) is 9.47 Å². The van der Waals surface area contributed by atoms with Crippen LogP contribution in [0.3, 0.4) is 0 Å². The second kappa shape index (κ2) is 7.59. The molecule has 0 spiro atoms. The summed E-state index contributed by atoms with van der Waals surface area (Å²) >= 11 is 0. The van der Waals surface area contributed by atoms with Gasteiger partial charge in [-0.25, -0.2) is 0 Å². The van der Waals surface area contributed by atoms with Crippen LogP contribution < -0.4 is 0 Å². The summed E-state index contributed by atoms with van der Waals surface area (Å²) in [5, 5.41) is 0. The third-order valence-electron chi connectivity index (χ3n) is 3.56. The first-order valence-electron chi connectivity index (χ1n) is 7.14. The van der Waals surface area contributed by atoms with Crippen LogP contribution >= 0.6 is 0 Å². The van der Waals surface area contributed by atoms with Gasteiger partial charge in [-0.2, -0.15) is 0 Å². The maximum Gasteiger partial charge on any atom is 0.122 e. The van der Waals surface area contributed by atoms with Gasteiger partial charge in [0.15, 0.2) is 0 Å². The van der Waals surface area contributed by atoms with Gasteiger partial charge in [-0.1, -0.05) is 11.6 Å². The minimum absolute atomic E-state index is 0.623. The van der Waals surface area contributed by atoms with E-state index < -0.39 is 0 Å². The SMILES string of the molecule is C/C(=C\C=C1/COCCO1)CCCN1CCCC1. The Bertz CT molecular complexity index is 296. The molecule has 3 heteroatoms. The summed E-state index contributed by atoms with van der Waals surface area (Å²) in [6.07, 6.45) is 9.46. The normalized spacial score (nSPS) is 24.5. The van der Waals surface area contributed by atoms with E-state index in [4.69, 9.17) is 9.47 Å². The largest absolute Gasteiger partial charge is 0.493 e. The van der Waals surface area contributed by atoms with E-state index >= 15 is 0 Å². The summed E-state index contributed by atoms with van der Waals surface area (Å²) in [5.41, 5.74) is 1.43. The lowest BCUT2D eigenvalue weighted by Crippen LogP contribution is -2.20. The van der Waals surface area contributed by atoms with Crippen molar-refractivity contribution >= 4 is 0 Å². The average Bonchev–Trinajstić information content (AvgIpc) is 2.91. The van der Waals surface area contributed by atoms with E-state index in [1.807, 2.05) is 0 Å². The smallest absolute Gasteiger partial charge is 0.122 e. The Morgan fingerprint density at radius 1 is 1.28 bits per heavy atom. The molecule has 2 rings (SSSR count). The van der Waals surface area contributed by atoms with Crippen LogP contribution in [0, 0.1) is 0 Å². The molecule has 0 amide bonds. The molecule has 0 radical (unpaired) electrons. The number of likely N-dealkylation sites (tertiary alicyclic amines) is 1. The second-order valence-corrected chi connectivity index (χ2v) is 5.20. The first-order chi connectivity index (χ1) is 8.84. The summed E-state index contributed by atoms with van der Waals surface area (Å²) in [6.45, 7) is 8.09. The Morgan fingerprint density at radius 2 is 2.11 bits per heavy atom. The molecule has 2 aliphatic heterocycles. The van der Waals surface area contributed by atoms with Gasteiger partial charge in [-0.3, -0.25) is 0 Å². The molecule has 3 nitrogen and oxygen atoms in total. The Morgan fingerprint density at radius 3 is 2.83 bits per heavy atom. The molecule has 0 aromatic carbocycles. The van der Waals surface area contributed by atoms with E-state index in [2.05, 4.69) is 24.0 Å². The monoisotopic (exact) mass is 251 g/mol. The topological polar surface area (TPSA) is 21.7 Å². The lowest BCUT2D eigenvalue weighted by atomic mass is 10.1. The van der Waals surface area contributed by atoms with Crippen molar-refractivity contribution in [2.24, 2.45) is 0 Å². The van der Waals surface area contributed by atoms with E-state index in [0.717, 1.165) is 12.4 Å². The van der Waals surface area contributed by atoms with E-state index in [1.165, 1.54) is 50.9 Å². The molecule has 0 saturated carbocycles. The van der Waals surface area contributed by atoms with Crippen LogP contribution in [0.2, 0.25) is 0 Å². The van der Waals surface area contributed by atoms with Crippen LogP contribution in [0.15, 0.2) is 23.5 Å². The summed E-state index contributed by atoms with van der Waals surface area (Å²) in [5.74, 6) is 0.958. The van der Waals surface area contributed by atoms with Crippen LogP contribution in [0.4, 0.5) is 0 Å². The number of nitrogens with zero attached hydrogens (tertiary/aromatic N) is 1. The van der Waals surface area contributed by atoms with Crippen molar-refractivity contribution in [1.29, 1.82) is 0 Å². The minimum atomic E-state index is 0.623. The van der Waals surface area contributed by atoms with Crippen molar-refractivity contribution < 1.29 is 9.47 Å². The molecule has 0 N–H and O–H groups in total. The molecule has 18 heavy (non-hydrogen) atoms. The van der Waals surface area contributed by atoms with E-state index in [9.17, 15) is 0 Å². The number of ether oxygens (including phenoxy) is 2. The summed E-state index contributed by atoms with van der Waals surface area (Å²) < 4.78 is 10.8. The Labute approximate surface area is 110 Å². The Kier molecular flexibility index (Phi) is 5.75. The highest BCUT2D eigenvalue weighted by Gasteiger charge is 2.10. The maximum atomic E-state index is 5.50. The van der Waals surface area contributed by atoms with Crippen LogP contribution in [0.5, 0.6) is 0 Å². The number of allylic oxidation sites excluding steroid dienone is 3. The predicted octanol–water partition coefficient (Wildman–Crippen LogP) is 2.74. The van der Waals surface area contributed by atoms with Gasteiger partial charge < -0.3 is 14.4 Å². The minimum Gasteiger partial charge on any atom is -0.493 e. The highest BCUT2D eigenvalue weighted by Crippen LogP contribution is 2.12. The molecule has 0 bridgehead atoms. The molecule has 2 fully saturated rings. The number of rotatable bonds is 5. The van der Waals surface area contributed by atoms with Gasteiger partial charge in [-0.15, -0.1) is 0 Å². The second-order valence-electron chi connectivity index (χ2n) is 5.20. The van der Waals surface area contributed by atoms with Crippen molar-refractivity contribution in [2.45, 2.75) is 32.6 Å². The molecule has 0 aromatic heterocycles. The third-order valence-corrected chi connectivity index (χ3v) is 3.56. The van der Waals surface area contributed by atoms with Gasteiger partial charge in [-0.05, 0) is 58.3 Å². The van der Waals surface area contributed by atoms with Crippen LogP contribution in [0.1, 0.15) is 32.6 Å². The Hall–Kier alpha value is -0.800. The molecule has 0 aliphatic carbocycles. The lowest BCUT2D eigenvalue weighted by molar-refractivity contribution is 0.0135. The quantitative estimate of drug-likeness (QED) is 0.750. The highest BCUT2D eigenvalue weighted by atomic mass is 16.6. The molecule has 2 heterocycles. The predicted molar refractivity (Wildman–Crippen MR) is 73.5 cm³/mol. The fourth-order valence-electron chi connectivity index (χ4n) is 2.45. The summed E-state index contributed by atoms with van der Waals surface area (Å²) in [7, 11) is 0. The van der Waals surface area contributed by atoms with Gasteiger partial charge in [0.2, 0.25) is 0 Å². The molecule has 2 saturated heterocycles. The molecule has 0 aromatic rings. The maximum absolute atomic E-state index is 5.50. The molecular weight excluding hydrogens is 226 g/mol. The lowest BCUT2D eigenvalue weighted by Gasteiger charge is -2.16. The summed E-state index contributed by atoms with van der Waals surface area (Å²) in [4.78, 5) is 2.57. The molecule has 102 valence electrons. The van der Waals surface area contributed by atoms with Gasteiger partial charge in [0.05, 0.1) is 6.61 Å². The van der Waals surface area contributed by atoms with Crippen molar-refractivity contribution in [2.75, 3.05) is 39.5 Å². The summed E-state index contributed by atoms with van der Waals surface area (Å²) in [6, 6.07) is 0. The van der Waals surface area contributed by atoms with Crippen LogP contribution in [-0.4, -0.2) is 44.4 Å². The average molecular weight is 251 g/mol. The van der Waals surface area contributed by atoms with Gasteiger partial charge in [0.1, 0.15) is 19.0 Å². The zero-order chi connectivity index (χ0) is 12.6. The zero-order valence-electron chi connectivity index (χ0n) is 11.5. The van der Waals surface area contributed by atoms with Crippen molar-refractivity contribution in [3.05, 3.63) is 23.5 Å². The van der Waals surface area contributed by atoms with Crippen LogP contribution in [0.25, 0.3) is 0 Å². The fourth-order valence-corrected chi connectivity index (χ4v) is 2.45.